The van der Waals surface area contributed by atoms with E-state index in [9.17, 15) is 4.79 Å². The molecule has 36 heavy (non-hydrogen) atoms. The van der Waals surface area contributed by atoms with Crippen LogP contribution >= 0.6 is 22.7 Å². The lowest BCUT2D eigenvalue weighted by molar-refractivity contribution is -0.132. The van der Waals surface area contributed by atoms with Crippen molar-refractivity contribution >= 4 is 51.8 Å². The minimum Gasteiger partial charge on any atom is -0.486 e. The van der Waals surface area contributed by atoms with Crippen LogP contribution in [0.5, 0.6) is 0 Å². The number of rotatable bonds is 7. The van der Waals surface area contributed by atoms with Gasteiger partial charge >= 0.3 is 5.97 Å². The zero-order valence-electron chi connectivity index (χ0n) is 18.8. The summed E-state index contributed by atoms with van der Waals surface area (Å²) in [7, 11) is 0. The largest absolute Gasteiger partial charge is 0.486 e. The Bertz CT molecular complexity index is 1530. The van der Waals surface area contributed by atoms with Gasteiger partial charge < -0.3 is 10.0 Å². The van der Waals surface area contributed by atoms with Crippen LogP contribution in [0, 0.1) is 6.57 Å². The Hall–Kier alpha value is -4.58. The van der Waals surface area contributed by atoms with Crippen molar-refractivity contribution in [3.05, 3.63) is 120 Å². The number of carboxylic acid groups (broad SMARTS) is 1. The molecule has 0 saturated carbocycles. The third-order valence-electron chi connectivity index (χ3n) is 5.35. The van der Waals surface area contributed by atoms with E-state index in [-0.39, 0.29) is 5.70 Å². The molecule has 0 bridgehead atoms. The van der Waals surface area contributed by atoms with Gasteiger partial charge in [-0.1, -0.05) is 12.1 Å². The van der Waals surface area contributed by atoms with Crippen LogP contribution in [0.3, 0.4) is 0 Å². The third kappa shape index (κ3) is 4.93. The highest BCUT2D eigenvalue weighted by atomic mass is 32.1. The maximum atomic E-state index is 11.1. The van der Waals surface area contributed by atoms with Crippen LogP contribution in [0.15, 0.2) is 103 Å². The molecule has 0 radical (unpaired) electrons. The minimum absolute atomic E-state index is 0.289. The fraction of sp³-hybridized carbons (Fsp3) is 0. The molecule has 8 heteroatoms. The van der Waals surface area contributed by atoms with Crippen LogP contribution in [0.2, 0.25) is 0 Å². The second-order valence-corrected chi connectivity index (χ2v) is 9.80. The number of aliphatic carboxylic acids is 1. The van der Waals surface area contributed by atoms with E-state index in [2.05, 4.69) is 56.1 Å². The summed E-state index contributed by atoms with van der Waals surface area (Å²) in [4.78, 5) is 28.6. The van der Waals surface area contributed by atoms with Gasteiger partial charge in [-0.3, -0.25) is 14.8 Å². The lowest BCUT2D eigenvalue weighted by Gasteiger charge is -2.25. The molecule has 0 atom stereocenters. The SMILES string of the molecule is [C-]#[N+]C(=Cc1ccc(-c2ccc(-c3ccc(N(c4ccncc4)c4ccncc4)cc3)s2)s1)C(=O)O. The first-order chi connectivity index (χ1) is 17.6. The summed E-state index contributed by atoms with van der Waals surface area (Å²) in [5.74, 6) is -1.21. The summed E-state index contributed by atoms with van der Waals surface area (Å²) >= 11 is 3.14. The summed E-state index contributed by atoms with van der Waals surface area (Å²) in [5, 5.41) is 9.09. The van der Waals surface area contributed by atoms with Crippen LogP contribution in [-0.2, 0) is 4.79 Å². The Morgan fingerprint density at radius 3 is 1.86 bits per heavy atom. The van der Waals surface area contributed by atoms with Gasteiger partial charge in [0, 0.05) is 61.4 Å². The molecular formula is C28H18N4O2S2. The number of thiophene rings is 2. The molecule has 0 aliphatic heterocycles. The molecule has 0 aliphatic carbocycles. The topological polar surface area (TPSA) is 70.7 Å². The van der Waals surface area contributed by atoms with Gasteiger partial charge in [0.2, 0.25) is 0 Å². The second-order valence-electron chi connectivity index (χ2n) is 7.61. The molecule has 174 valence electrons. The number of aromatic nitrogens is 2. The number of hydrogen-bond acceptors (Lipinski definition) is 6. The van der Waals surface area contributed by atoms with Gasteiger partial charge in [-0.05, 0) is 72.3 Å². The molecular weight excluding hydrogens is 488 g/mol. The Morgan fingerprint density at radius 1 is 0.750 bits per heavy atom. The number of anilines is 3. The molecule has 5 aromatic rings. The van der Waals surface area contributed by atoms with Crippen molar-refractivity contribution in [3.8, 4) is 20.2 Å². The molecule has 0 aliphatic rings. The Morgan fingerprint density at radius 2 is 1.28 bits per heavy atom. The summed E-state index contributed by atoms with van der Waals surface area (Å²) < 4.78 is 0. The molecule has 1 N–H and O–H groups in total. The number of pyridine rings is 2. The number of hydrogen-bond donors (Lipinski definition) is 1. The van der Waals surface area contributed by atoms with E-state index < -0.39 is 5.97 Å². The van der Waals surface area contributed by atoms with Crippen molar-refractivity contribution in [2.45, 2.75) is 0 Å². The van der Waals surface area contributed by atoms with E-state index in [1.165, 1.54) is 17.4 Å². The van der Waals surface area contributed by atoms with Gasteiger partial charge in [-0.15, -0.1) is 22.7 Å². The maximum Gasteiger partial charge on any atom is 0.333 e. The van der Waals surface area contributed by atoms with Gasteiger partial charge in [-0.2, -0.15) is 0 Å². The van der Waals surface area contributed by atoms with Crippen molar-refractivity contribution < 1.29 is 9.90 Å². The Kier molecular flexibility index (Phi) is 6.67. The molecule has 0 fully saturated rings. The normalized spacial score (nSPS) is 11.1. The van der Waals surface area contributed by atoms with Gasteiger partial charge in [0.05, 0.1) is 6.57 Å². The molecule has 0 amide bonds. The van der Waals surface area contributed by atoms with Crippen molar-refractivity contribution in [2.24, 2.45) is 0 Å². The van der Waals surface area contributed by atoms with E-state index >= 15 is 0 Å². The highest BCUT2D eigenvalue weighted by Crippen LogP contribution is 2.40. The predicted molar refractivity (Wildman–Crippen MR) is 146 cm³/mol. The zero-order valence-corrected chi connectivity index (χ0v) is 20.4. The van der Waals surface area contributed by atoms with Gasteiger partial charge in [0.25, 0.3) is 5.70 Å². The first kappa shape index (κ1) is 23.2. The summed E-state index contributed by atoms with van der Waals surface area (Å²) in [6, 6.07) is 24.3. The van der Waals surface area contributed by atoms with E-state index in [4.69, 9.17) is 11.7 Å². The molecule has 4 heterocycles. The van der Waals surface area contributed by atoms with E-state index in [0.717, 1.165) is 42.1 Å². The lowest BCUT2D eigenvalue weighted by Crippen LogP contribution is -2.09. The maximum absolute atomic E-state index is 11.1. The van der Waals surface area contributed by atoms with Gasteiger partial charge in [-0.25, -0.2) is 4.85 Å². The van der Waals surface area contributed by atoms with Crippen LogP contribution in [0.25, 0.3) is 31.1 Å². The standard InChI is InChI=1S/C28H18N4O2S2/c1-29-24(28(33)34)18-23-6-7-26(35-23)27-9-8-25(36-27)19-2-4-20(5-3-19)32(21-10-14-30-15-11-21)22-12-16-31-17-13-22/h2-18H,(H,33,34). The summed E-state index contributed by atoms with van der Waals surface area (Å²) in [6.45, 7) is 7.02. The second kappa shape index (κ2) is 10.4. The first-order valence-corrected chi connectivity index (χ1v) is 12.5. The van der Waals surface area contributed by atoms with Crippen molar-refractivity contribution in [3.63, 3.8) is 0 Å². The van der Waals surface area contributed by atoms with Crippen LogP contribution in [0.4, 0.5) is 17.1 Å². The molecule has 0 unspecified atom stereocenters. The number of nitrogens with zero attached hydrogens (tertiary/aromatic N) is 4. The highest BCUT2D eigenvalue weighted by molar-refractivity contribution is 7.24. The van der Waals surface area contributed by atoms with Crippen molar-refractivity contribution in [1.29, 1.82) is 0 Å². The van der Waals surface area contributed by atoms with Crippen molar-refractivity contribution in [1.82, 2.24) is 9.97 Å². The van der Waals surface area contributed by atoms with Crippen LogP contribution in [0.1, 0.15) is 4.88 Å². The number of carboxylic acids is 1. The molecule has 5 rings (SSSR count). The van der Waals surface area contributed by atoms with Gasteiger partial charge in [0.15, 0.2) is 0 Å². The van der Waals surface area contributed by atoms with Crippen molar-refractivity contribution in [2.75, 3.05) is 4.90 Å². The molecule has 0 saturated heterocycles. The fourth-order valence-electron chi connectivity index (χ4n) is 3.67. The average Bonchev–Trinajstić information content (AvgIpc) is 3.59. The smallest absolute Gasteiger partial charge is 0.333 e. The fourth-order valence-corrected chi connectivity index (χ4v) is 5.72. The van der Waals surface area contributed by atoms with Crippen LogP contribution < -0.4 is 4.90 Å². The van der Waals surface area contributed by atoms with Gasteiger partial charge in [0.1, 0.15) is 0 Å². The van der Waals surface area contributed by atoms with E-state index in [0.29, 0.717) is 0 Å². The monoisotopic (exact) mass is 506 g/mol. The average molecular weight is 507 g/mol. The number of benzene rings is 1. The number of carbonyl (C=O) groups is 1. The quantitative estimate of drug-likeness (QED) is 0.180. The lowest BCUT2D eigenvalue weighted by atomic mass is 10.1. The first-order valence-electron chi connectivity index (χ1n) is 10.9. The minimum atomic E-state index is -1.21. The Balaban J connectivity index is 1.41. The van der Waals surface area contributed by atoms with E-state index in [1.807, 2.05) is 36.4 Å². The predicted octanol–water partition coefficient (Wildman–Crippen LogP) is 7.75. The molecule has 1 aromatic carbocycles. The highest BCUT2D eigenvalue weighted by Gasteiger charge is 2.14. The molecule has 6 nitrogen and oxygen atoms in total. The van der Waals surface area contributed by atoms with E-state index in [1.54, 1.807) is 36.1 Å². The molecule has 0 spiro atoms. The summed E-state index contributed by atoms with van der Waals surface area (Å²) in [5.41, 5.74) is 3.86. The zero-order chi connectivity index (χ0) is 24.9. The summed E-state index contributed by atoms with van der Waals surface area (Å²) in [6.07, 6.45) is 8.53. The van der Waals surface area contributed by atoms with Crippen LogP contribution in [-0.4, -0.2) is 21.0 Å². The molecule has 4 aromatic heterocycles. The Labute approximate surface area is 215 Å². The third-order valence-corrected chi connectivity index (χ3v) is 7.71.